The molecule has 35 heavy (non-hydrogen) atoms. The number of nitrogens with zero attached hydrogens (tertiary/aromatic N) is 1. The number of nitrogens with two attached hydrogens (primary N) is 1. The Morgan fingerprint density at radius 2 is 1.71 bits per heavy atom. The van der Waals surface area contributed by atoms with Crippen LogP contribution >= 0.6 is 0 Å². The van der Waals surface area contributed by atoms with Crippen LogP contribution in [0.2, 0.25) is 0 Å². The van der Waals surface area contributed by atoms with Crippen LogP contribution in [0.3, 0.4) is 0 Å². The highest BCUT2D eigenvalue weighted by Gasteiger charge is 2.22. The second-order valence-corrected chi connectivity index (χ2v) is 11.1. The highest BCUT2D eigenvalue weighted by molar-refractivity contribution is 7.89. The molecule has 0 radical (unpaired) electrons. The second-order valence-electron chi connectivity index (χ2n) is 9.05. The van der Waals surface area contributed by atoms with Gasteiger partial charge in [-0.05, 0) is 80.4 Å². The van der Waals surface area contributed by atoms with E-state index in [9.17, 15) is 17.6 Å². The minimum Gasteiger partial charge on any atom is -0.481 e. The van der Waals surface area contributed by atoms with Crippen LogP contribution < -0.4 is 10.5 Å². The van der Waals surface area contributed by atoms with Crippen molar-refractivity contribution in [2.45, 2.75) is 37.8 Å². The molecular weight excluding hydrogens is 471 g/mol. The lowest BCUT2D eigenvalue weighted by Gasteiger charge is -2.21. The average molecular weight is 501 g/mol. The maximum absolute atomic E-state index is 13.2. The summed E-state index contributed by atoms with van der Waals surface area (Å²) in [5.74, 6) is -0.597. The molecule has 0 spiro atoms. The van der Waals surface area contributed by atoms with Crippen molar-refractivity contribution >= 4 is 21.7 Å². The van der Waals surface area contributed by atoms with Gasteiger partial charge in [-0.2, -0.15) is 4.31 Å². The lowest BCUT2D eigenvalue weighted by Crippen LogP contribution is -2.27. The Balaban J connectivity index is 1.88. The summed E-state index contributed by atoms with van der Waals surface area (Å²) in [6, 6.07) is 17.0. The molecule has 0 atom stereocenters. The summed E-state index contributed by atoms with van der Waals surface area (Å²) < 4.78 is 51.3. The molecule has 186 valence electrons. The Labute approximate surface area is 205 Å². The molecular formula is C26H29FN2O5S. The highest BCUT2D eigenvalue weighted by atomic mass is 32.2. The van der Waals surface area contributed by atoms with E-state index in [4.69, 9.17) is 15.2 Å². The van der Waals surface area contributed by atoms with Crippen LogP contribution in [0.15, 0.2) is 71.6 Å². The number of hydrogen-bond acceptors (Lipinski definition) is 6. The number of esters is 1. The van der Waals surface area contributed by atoms with Crippen LogP contribution in [0.25, 0.3) is 11.1 Å². The van der Waals surface area contributed by atoms with Crippen molar-refractivity contribution < 1.29 is 27.1 Å². The van der Waals surface area contributed by atoms with Crippen LogP contribution in [0, 0.1) is 5.82 Å². The summed E-state index contributed by atoms with van der Waals surface area (Å²) in [5, 5.41) is 0. The van der Waals surface area contributed by atoms with Gasteiger partial charge in [0.25, 0.3) is 0 Å². The third-order valence-electron chi connectivity index (χ3n) is 4.93. The Morgan fingerprint density at radius 1 is 1.03 bits per heavy atom. The van der Waals surface area contributed by atoms with Gasteiger partial charge in [0.1, 0.15) is 17.2 Å². The van der Waals surface area contributed by atoms with E-state index in [0.717, 1.165) is 17.7 Å². The van der Waals surface area contributed by atoms with Crippen LogP contribution in [0.4, 0.5) is 10.1 Å². The molecule has 3 aromatic carbocycles. The Kier molecular flexibility index (Phi) is 7.82. The smallest absolute Gasteiger partial charge is 0.344 e. The first-order chi connectivity index (χ1) is 16.3. The summed E-state index contributed by atoms with van der Waals surface area (Å²) >= 11 is 0. The number of sulfonamides is 1. The number of benzene rings is 3. The van der Waals surface area contributed by atoms with E-state index in [1.54, 1.807) is 57.2 Å². The topological polar surface area (TPSA) is 98.9 Å². The van der Waals surface area contributed by atoms with E-state index < -0.39 is 27.4 Å². The molecule has 9 heteroatoms. The lowest BCUT2D eigenvalue weighted by molar-refractivity contribution is -0.157. The average Bonchev–Trinajstić information content (AvgIpc) is 2.77. The largest absolute Gasteiger partial charge is 0.481 e. The third kappa shape index (κ3) is 7.03. The lowest BCUT2D eigenvalue weighted by atomic mass is 10.0. The maximum Gasteiger partial charge on any atom is 0.344 e. The predicted molar refractivity (Wildman–Crippen MR) is 133 cm³/mol. The zero-order valence-corrected chi connectivity index (χ0v) is 20.9. The quantitative estimate of drug-likeness (QED) is 0.358. The summed E-state index contributed by atoms with van der Waals surface area (Å²) in [6.45, 7) is 5.09. The number of ether oxygens (including phenoxy) is 2. The number of anilines is 1. The molecule has 0 saturated carbocycles. The minimum atomic E-state index is -3.83. The molecule has 3 aromatic rings. The maximum atomic E-state index is 13.2. The van der Waals surface area contributed by atoms with E-state index in [1.807, 2.05) is 6.07 Å². The molecule has 0 unspecified atom stereocenters. The van der Waals surface area contributed by atoms with Gasteiger partial charge in [0, 0.05) is 24.8 Å². The standard InChI is InChI=1S/C26H29FN2O5S/c1-26(2,3)34-25(30)17-33-24-13-8-18(14-23(24)19-6-5-7-21(28)15-19)16-29(4)35(31,32)22-11-9-20(27)10-12-22/h5-15H,16-17,28H2,1-4H3. The first-order valence-corrected chi connectivity index (χ1v) is 12.3. The van der Waals surface area contributed by atoms with Crippen LogP contribution in [0.5, 0.6) is 5.75 Å². The molecule has 0 heterocycles. The normalized spacial score (nSPS) is 11.9. The van der Waals surface area contributed by atoms with E-state index in [2.05, 4.69) is 0 Å². The van der Waals surface area contributed by atoms with E-state index in [0.29, 0.717) is 22.6 Å². The third-order valence-corrected chi connectivity index (χ3v) is 6.75. The van der Waals surface area contributed by atoms with E-state index in [1.165, 1.54) is 23.5 Å². The summed E-state index contributed by atoms with van der Waals surface area (Å²) in [7, 11) is -2.38. The molecule has 0 bridgehead atoms. The number of halogens is 1. The molecule has 7 nitrogen and oxygen atoms in total. The molecule has 3 rings (SSSR count). The van der Waals surface area contributed by atoms with Gasteiger partial charge in [0.2, 0.25) is 10.0 Å². The number of rotatable bonds is 8. The van der Waals surface area contributed by atoms with Crippen molar-refractivity contribution in [2.24, 2.45) is 0 Å². The highest BCUT2D eigenvalue weighted by Crippen LogP contribution is 2.33. The van der Waals surface area contributed by atoms with Gasteiger partial charge in [-0.1, -0.05) is 18.2 Å². The van der Waals surface area contributed by atoms with E-state index >= 15 is 0 Å². The number of carbonyl (C=O) groups excluding carboxylic acids is 1. The fourth-order valence-electron chi connectivity index (χ4n) is 3.37. The summed E-state index contributed by atoms with van der Waals surface area (Å²) in [5.41, 5.74) is 7.94. The molecule has 0 aliphatic carbocycles. The van der Waals surface area contributed by atoms with Crippen molar-refractivity contribution in [3.63, 3.8) is 0 Å². The first kappa shape index (κ1) is 26.2. The van der Waals surface area contributed by atoms with Crippen molar-refractivity contribution in [3.05, 3.63) is 78.1 Å². The Morgan fingerprint density at radius 3 is 2.34 bits per heavy atom. The summed E-state index contributed by atoms with van der Waals surface area (Å²) in [4.78, 5) is 12.1. The van der Waals surface area contributed by atoms with Gasteiger partial charge < -0.3 is 15.2 Å². The minimum absolute atomic E-state index is 0.00484. The summed E-state index contributed by atoms with van der Waals surface area (Å²) in [6.07, 6.45) is 0. The molecule has 0 saturated heterocycles. The van der Waals surface area contributed by atoms with Crippen molar-refractivity contribution in [1.82, 2.24) is 4.31 Å². The zero-order valence-electron chi connectivity index (χ0n) is 20.1. The van der Waals surface area contributed by atoms with Crippen LogP contribution in [-0.2, 0) is 26.1 Å². The molecule has 0 fully saturated rings. The predicted octanol–water partition coefficient (Wildman–Crippen LogP) is 4.62. The monoisotopic (exact) mass is 500 g/mol. The molecule has 0 aliphatic heterocycles. The molecule has 0 aliphatic rings. The fraction of sp³-hybridized carbons (Fsp3) is 0.269. The van der Waals surface area contributed by atoms with Gasteiger partial charge in [-0.25, -0.2) is 17.6 Å². The Hall–Kier alpha value is -3.43. The fourth-order valence-corrected chi connectivity index (χ4v) is 4.53. The van der Waals surface area contributed by atoms with Crippen LogP contribution in [0.1, 0.15) is 26.3 Å². The van der Waals surface area contributed by atoms with Gasteiger partial charge in [-0.15, -0.1) is 0 Å². The van der Waals surface area contributed by atoms with E-state index in [-0.39, 0.29) is 18.0 Å². The van der Waals surface area contributed by atoms with Crippen molar-refractivity contribution in [3.8, 4) is 16.9 Å². The van der Waals surface area contributed by atoms with Gasteiger partial charge in [-0.3, -0.25) is 0 Å². The first-order valence-electron chi connectivity index (χ1n) is 10.9. The number of hydrogen-bond donors (Lipinski definition) is 1. The van der Waals surface area contributed by atoms with Crippen molar-refractivity contribution in [1.29, 1.82) is 0 Å². The van der Waals surface area contributed by atoms with Crippen LogP contribution in [-0.4, -0.2) is 37.9 Å². The van der Waals surface area contributed by atoms with Crippen molar-refractivity contribution in [2.75, 3.05) is 19.4 Å². The molecule has 0 aromatic heterocycles. The molecule has 0 amide bonds. The number of nitrogen functional groups attached to an aromatic ring is 1. The SMILES string of the molecule is CN(Cc1ccc(OCC(=O)OC(C)(C)C)c(-c2cccc(N)c2)c1)S(=O)(=O)c1ccc(F)cc1. The zero-order chi connectivity index (χ0) is 25.8. The van der Waals surface area contributed by atoms with Gasteiger partial charge in [0.15, 0.2) is 6.61 Å². The van der Waals surface area contributed by atoms with Gasteiger partial charge in [0.05, 0.1) is 4.90 Å². The number of carbonyl (C=O) groups is 1. The van der Waals surface area contributed by atoms with Gasteiger partial charge >= 0.3 is 5.97 Å². The molecule has 2 N–H and O–H groups in total. The Bertz CT molecular complexity index is 1300. The second kappa shape index (κ2) is 10.5.